The van der Waals surface area contributed by atoms with Gasteiger partial charge in [0.25, 0.3) is 0 Å². The summed E-state index contributed by atoms with van der Waals surface area (Å²) in [4.78, 5) is 12.5. The minimum atomic E-state index is -4.59. The minimum Gasteiger partial charge on any atom is -0.450 e. The number of allylic oxidation sites excluding steroid dienone is 2. The van der Waals surface area contributed by atoms with Crippen molar-refractivity contribution in [3.05, 3.63) is 24.3 Å². The number of alkyl halides is 3. The summed E-state index contributed by atoms with van der Waals surface area (Å²) in [7, 11) is -4.25. The van der Waals surface area contributed by atoms with Crippen LogP contribution in [-0.4, -0.2) is 47.1 Å². The molecule has 1 fully saturated rings. The summed E-state index contributed by atoms with van der Waals surface area (Å²) >= 11 is 0. The second-order valence-corrected chi connectivity index (χ2v) is 23.3. The fourth-order valence-corrected chi connectivity index (χ4v) is 7.13. The van der Waals surface area contributed by atoms with Gasteiger partial charge in [-0.05, 0) is 86.3 Å². The first-order valence-electron chi connectivity index (χ1n) is 13.6. The highest BCUT2D eigenvalue weighted by molar-refractivity contribution is 6.74. The van der Waals surface area contributed by atoms with Gasteiger partial charge in [0.2, 0.25) is 0 Å². The molecule has 2 rings (SSSR count). The Morgan fingerprint density at radius 1 is 0.892 bits per heavy atom. The van der Waals surface area contributed by atoms with Gasteiger partial charge in [0, 0.05) is 12.2 Å². The molecule has 37 heavy (non-hydrogen) atoms. The van der Waals surface area contributed by atoms with Crippen LogP contribution in [0.2, 0.25) is 36.3 Å². The lowest BCUT2D eigenvalue weighted by Gasteiger charge is -2.41. The van der Waals surface area contributed by atoms with E-state index in [0.29, 0.717) is 12.8 Å². The zero-order valence-electron chi connectivity index (χ0n) is 24.5. The third-order valence-corrected chi connectivity index (χ3v) is 17.8. The number of halogens is 3. The van der Waals surface area contributed by atoms with E-state index >= 15 is 0 Å². The molecule has 0 unspecified atom stereocenters. The van der Waals surface area contributed by atoms with E-state index < -0.39 is 41.0 Å². The number of esters is 1. The van der Waals surface area contributed by atoms with E-state index in [9.17, 15) is 18.0 Å². The minimum absolute atomic E-state index is 0.0587. The number of ether oxygens (including phenoxy) is 1. The standard InChI is InChI=1S/C28H49F3O4Si2/c1-26(2,3)36(7,8)34-21-18-20-14-12-11-13-15-24(28(29,30)31)33-25(32)17-16-23(22(20)19-21)35-37(9,10)27(4,5)6/h12,14,16-17,20-24H,11,13,15,18-19H2,1-10H3/b14-12+,17-16+/t20-,21+,22-,23-,24-/m1/s1. The average Bonchev–Trinajstić information content (AvgIpc) is 3.08. The molecule has 0 amide bonds. The molecule has 0 saturated heterocycles. The molecule has 214 valence electrons. The van der Waals surface area contributed by atoms with Crippen LogP contribution in [0, 0.1) is 11.8 Å². The molecule has 0 aromatic rings. The van der Waals surface area contributed by atoms with Gasteiger partial charge in [-0.1, -0.05) is 53.7 Å². The third-order valence-electron chi connectivity index (χ3n) is 8.81. The van der Waals surface area contributed by atoms with Crippen LogP contribution in [0.1, 0.15) is 73.6 Å². The molecule has 0 radical (unpaired) electrons. The van der Waals surface area contributed by atoms with Crippen molar-refractivity contribution < 1.29 is 31.6 Å². The van der Waals surface area contributed by atoms with Crippen LogP contribution in [0.25, 0.3) is 0 Å². The third kappa shape index (κ3) is 8.80. The predicted octanol–water partition coefficient (Wildman–Crippen LogP) is 8.56. The van der Waals surface area contributed by atoms with Crippen molar-refractivity contribution in [2.24, 2.45) is 11.8 Å². The molecule has 9 heteroatoms. The molecular weight excluding hydrogens is 513 g/mol. The Bertz CT molecular complexity index is 838. The first-order chi connectivity index (χ1) is 16.6. The lowest BCUT2D eigenvalue weighted by Crippen LogP contribution is -2.46. The highest BCUT2D eigenvalue weighted by atomic mass is 28.4. The molecule has 1 aliphatic heterocycles. The van der Waals surface area contributed by atoms with E-state index in [1.165, 1.54) is 0 Å². The van der Waals surface area contributed by atoms with Gasteiger partial charge in [-0.3, -0.25) is 0 Å². The lowest BCUT2D eigenvalue weighted by molar-refractivity contribution is -0.220. The molecule has 2 aliphatic rings. The largest absolute Gasteiger partial charge is 0.450 e. The normalized spacial score (nSPS) is 30.9. The first-order valence-corrected chi connectivity index (χ1v) is 19.4. The van der Waals surface area contributed by atoms with Gasteiger partial charge >= 0.3 is 12.1 Å². The molecule has 0 N–H and O–H groups in total. The number of rotatable bonds is 4. The Kier molecular flexibility index (Phi) is 10.2. The maximum absolute atomic E-state index is 13.5. The van der Waals surface area contributed by atoms with Crippen molar-refractivity contribution in [1.82, 2.24) is 0 Å². The topological polar surface area (TPSA) is 44.8 Å². The molecule has 4 nitrogen and oxygen atoms in total. The summed E-state index contributed by atoms with van der Waals surface area (Å²) in [6.45, 7) is 22.0. The van der Waals surface area contributed by atoms with Gasteiger partial charge < -0.3 is 13.6 Å². The van der Waals surface area contributed by atoms with E-state index in [2.05, 4.69) is 73.8 Å². The van der Waals surface area contributed by atoms with Crippen molar-refractivity contribution >= 4 is 22.6 Å². The van der Waals surface area contributed by atoms with E-state index in [-0.39, 0.29) is 34.4 Å². The van der Waals surface area contributed by atoms with Gasteiger partial charge in [0.1, 0.15) is 0 Å². The highest BCUT2D eigenvalue weighted by Crippen LogP contribution is 2.46. The predicted molar refractivity (Wildman–Crippen MR) is 148 cm³/mol. The summed E-state index contributed by atoms with van der Waals surface area (Å²) < 4.78 is 58.9. The van der Waals surface area contributed by atoms with Crippen LogP contribution in [0.5, 0.6) is 0 Å². The average molecular weight is 563 g/mol. The van der Waals surface area contributed by atoms with Crippen molar-refractivity contribution in [2.45, 2.75) is 134 Å². The Hall–Kier alpha value is -0.906. The number of hydrogen-bond acceptors (Lipinski definition) is 4. The summed E-state index contributed by atoms with van der Waals surface area (Å²) in [5, 5.41) is 0.0219. The summed E-state index contributed by atoms with van der Waals surface area (Å²) in [5.74, 6) is -0.755. The molecule has 1 aliphatic carbocycles. The zero-order valence-corrected chi connectivity index (χ0v) is 26.5. The van der Waals surface area contributed by atoms with Gasteiger partial charge in [0.15, 0.2) is 22.7 Å². The van der Waals surface area contributed by atoms with E-state index in [1.54, 1.807) is 6.08 Å². The Balaban J connectivity index is 2.43. The van der Waals surface area contributed by atoms with Gasteiger partial charge in [0.05, 0.1) is 6.10 Å². The molecule has 1 heterocycles. The maximum Gasteiger partial charge on any atom is 0.425 e. The van der Waals surface area contributed by atoms with Crippen LogP contribution in [0.4, 0.5) is 13.2 Å². The second-order valence-electron chi connectivity index (χ2n) is 13.8. The van der Waals surface area contributed by atoms with Crippen LogP contribution >= 0.6 is 0 Å². The SMILES string of the molecule is CC(C)(C)[Si](C)(C)O[C@@H]1C[C@@H]2[C@H](/C=C/CCC[C@H](C(F)(F)F)OC(=O)/C=C/[C@H]2O[Si](C)(C)C(C)(C)C)C1. The molecule has 5 atom stereocenters. The highest BCUT2D eigenvalue weighted by Gasteiger charge is 2.47. The quantitative estimate of drug-likeness (QED) is 0.196. The van der Waals surface area contributed by atoms with Gasteiger partial charge in [-0.2, -0.15) is 13.2 Å². The summed E-state index contributed by atoms with van der Waals surface area (Å²) in [5.41, 5.74) is 0. The second kappa shape index (κ2) is 11.7. The van der Waals surface area contributed by atoms with Crippen molar-refractivity contribution in [3.63, 3.8) is 0 Å². The monoisotopic (exact) mass is 562 g/mol. The van der Waals surface area contributed by atoms with Crippen molar-refractivity contribution in [3.8, 4) is 0 Å². The smallest absolute Gasteiger partial charge is 0.425 e. The Morgan fingerprint density at radius 3 is 2.00 bits per heavy atom. The molecular formula is C28H49F3O4Si2. The molecule has 0 aromatic carbocycles. The van der Waals surface area contributed by atoms with Crippen LogP contribution in [0.15, 0.2) is 24.3 Å². The fraction of sp³-hybridized carbons (Fsp3) is 0.821. The number of carbonyl (C=O) groups excluding carboxylic acids is 1. The number of carbonyl (C=O) groups is 1. The van der Waals surface area contributed by atoms with Crippen LogP contribution in [-0.2, 0) is 18.4 Å². The first kappa shape index (κ1) is 32.3. The van der Waals surface area contributed by atoms with Gasteiger partial charge in [-0.25, -0.2) is 4.79 Å². The fourth-order valence-electron chi connectivity index (χ4n) is 4.46. The summed E-state index contributed by atoms with van der Waals surface area (Å²) in [6.07, 6.45) is 2.09. The van der Waals surface area contributed by atoms with Crippen molar-refractivity contribution in [1.29, 1.82) is 0 Å². The number of hydrogen-bond donors (Lipinski definition) is 0. The Labute approximate surface area is 224 Å². The van der Waals surface area contributed by atoms with Gasteiger partial charge in [-0.15, -0.1) is 0 Å². The van der Waals surface area contributed by atoms with Crippen LogP contribution < -0.4 is 0 Å². The molecule has 1 saturated carbocycles. The maximum atomic E-state index is 13.5. The molecule has 0 aromatic heterocycles. The summed E-state index contributed by atoms with van der Waals surface area (Å²) in [6, 6.07) is 0. The van der Waals surface area contributed by atoms with E-state index in [4.69, 9.17) is 13.6 Å². The lowest BCUT2D eigenvalue weighted by atomic mass is 9.90. The van der Waals surface area contributed by atoms with Crippen molar-refractivity contribution in [2.75, 3.05) is 0 Å². The molecule has 0 bridgehead atoms. The van der Waals surface area contributed by atoms with E-state index in [0.717, 1.165) is 18.9 Å². The number of cyclic esters (lactones) is 1. The Morgan fingerprint density at radius 2 is 1.46 bits per heavy atom. The van der Waals surface area contributed by atoms with E-state index in [1.807, 2.05) is 6.08 Å². The number of fused-ring (bicyclic) bond motifs is 1. The molecule has 0 spiro atoms. The zero-order chi connectivity index (χ0) is 28.4. The van der Waals surface area contributed by atoms with Crippen LogP contribution in [0.3, 0.4) is 0 Å².